The molecule has 33 heavy (non-hydrogen) atoms. The maximum absolute atomic E-state index is 13.0. The van der Waals surface area contributed by atoms with E-state index in [1.54, 1.807) is 18.2 Å². The summed E-state index contributed by atoms with van der Waals surface area (Å²) in [6.45, 7) is 3.32. The van der Waals surface area contributed by atoms with Gasteiger partial charge in [0.25, 0.3) is 10.0 Å². The largest absolute Gasteiger partial charge is 0.493 e. The molecule has 0 saturated carbocycles. The van der Waals surface area contributed by atoms with E-state index in [1.807, 2.05) is 7.05 Å². The summed E-state index contributed by atoms with van der Waals surface area (Å²) in [7, 11) is -2.77. The summed E-state index contributed by atoms with van der Waals surface area (Å²) in [5.41, 5.74) is 1.06. The van der Waals surface area contributed by atoms with Crippen LogP contribution in [0.5, 0.6) is 11.5 Å². The highest BCUT2D eigenvalue weighted by Crippen LogP contribution is 2.33. The molecule has 3 rings (SSSR count). The molecule has 13 heteroatoms. The zero-order valence-electron chi connectivity index (χ0n) is 18.9. The summed E-state index contributed by atoms with van der Waals surface area (Å²) in [5.74, 6) is 0.651. The Morgan fingerprint density at radius 1 is 0.818 bits per heavy atom. The third-order valence-corrected chi connectivity index (χ3v) is 7.03. The Hall–Kier alpha value is -2.41. The van der Waals surface area contributed by atoms with Crippen LogP contribution in [-0.2, 0) is 20.0 Å². The molecule has 2 aromatic rings. The van der Waals surface area contributed by atoms with E-state index < -0.39 is 20.0 Å². The van der Waals surface area contributed by atoms with Gasteiger partial charge in [-0.05, 0) is 37.4 Å². The smallest absolute Gasteiger partial charge is 0.262 e. The Kier molecular flexibility index (Phi) is 8.69. The van der Waals surface area contributed by atoms with E-state index >= 15 is 0 Å². The number of rotatable bonds is 8. The number of benzene rings is 2. The van der Waals surface area contributed by atoms with Crippen molar-refractivity contribution in [3.8, 4) is 11.5 Å². The Labute approximate surface area is 201 Å². The van der Waals surface area contributed by atoms with Crippen LogP contribution in [0.15, 0.2) is 41.3 Å². The Bertz CT molecular complexity index is 1180. The molecular formula is C20H29ClN4O6S2. The minimum absolute atomic E-state index is 0. The molecule has 1 saturated heterocycles. The maximum Gasteiger partial charge on any atom is 0.262 e. The molecule has 10 nitrogen and oxygen atoms in total. The summed E-state index contributed by atoms with van der Waals surface area (Å²) in [6.07, 6.45) is 1.02. The molecule has 2 N–H and O–H groups in total. The predicted molar refractivity (Wildman–Crippen MR) is 132 cm³/mol. The zero-order chi connectivity index (χ0) is 23.5. The van der Waals surface area contributed by atoms with Gasteiger partial charge in [0.05, 0.1) is 36.7 Å². The highest BCUT2D eigenvalue weighted by Gasteiger charge is 2.21. The number of nitrogens with zero attached hydrogens (tertiary/aromatic N) is 2. The van der Waals surface area contributed by atoms with E-state index in [0.29, 0.717) is 5.75 Å². The molecule has 0 amide bonds. The predicted octanol–water partition coefficient (Wildman–Crippen LogP) is 2.05. The summed E-state index contributed by atoms with van der Waals surface area (Å²) in [4.78, 5) is 4.28. The van der Waals surface area contributed by atoms with Crippen molar-refractivity contribution in [2.45, 2.75) is 4.90 Å². The minimum Gasteiger partial charge on any atom is -0.493 e. The number of anilines is 3. The van der Waals surface area contributed by atoms with Crippen LogP contribution in [0.25, 0.3) is 0 Å². The Morgan fingerprint density at radius 2 is 1.45 bits per heavy atom. The minimum atomic E-state index is -4.03. The van der Waals surface area contributed by atoms with Crippen LogP contribution in [0.3, 0.4) is 0 Å². The number of hydrogen-bond acceptors (Lipinski definition) is 8. The first-order valence-corrected chi connectivity index (χ1v) is 13.2. The van der Waals surface area contributed by atoms with Crippen molar-refractivity contribution in [1.29, 1.82) is 0 Å². The maximum atomic E-state index is 13.0. The molecular weight excluding hydrogens is 492 g/mol. The van der Waals surface area contributed by atoms with Crippen LogP contribution in [0.2, 0.25) is 0 Å². The van der Waals surface area contributed by atoms with E-state index in [9.17, 15) is 16.8 Å². The number of likely N-dealkylation sites (N-methyl/N-ethyl adjacent to an activating group) is 1. The second-order valence-electron chi connectivity index (χ2n) is 7.52. The summed E-state index contributed by atoms with van der Waals surface area (Å²) < 4.78 is 65.1. The fraction of sp³-hybridized carbons (Fsp3) is 0.400. The highest BCUT2D eigenvalue weighted by molar-refractivity contribution is 7.93. The van der Waals surface area contributed by atoms with Crippen molar-refractivity contribution in [3.05, 3.63) is 36.4 Å². The summed E-state index contributed by atoms with van der Waals surface area (Å²) in [5, 5.41) is 0. The van der Waals surface area contributed by atoms with Gasteiger partial charge in [-0.3, -0.25) is 9.44 Å². The summed E-state index contributed by atoms with van der Waals surface area (Å²) in [6, 6.07) is 9.17. The Morgan fingerprint density at radius 3 is 2.03 bits per heavy atom. The van der Waals surface area contributed by atoms with Crippen LogP contribution < -0.4 is 23.8 Å². The fourth-order valence-electron chi connectivity index (χ4n) is 3.35. The van der Waals surface area contributed by atoms with Crippen LogP contribution >= 0.6 is 12.4 Å². The van der Waals surface area contributed by atoms with E-state index in [-0.39, 0.29) is 34.4 Å². The van der Waals surface area contributed by atoms with Gasteiger partial charge in [-0.15, -0.1) is 12.4 Å². The third kappa shape index (κ3) is 6.79. The van der Waals surface area contributed by atoms with Crippen molar-refractivity contribution in [3.63, 3.8) is 0 Å². The number of methoxy groups -OCH3 is 2. The average molecular weight is 521 g/mol. The molecule has 1 aliphatic heterocycles. The van der Waals surface area contributed by atoms with Gasteiger partial charge in [-0.25, -0.2) is 16.8 Å². The van der Waals surface area contributed by atoms with Crippen LogP contribution in [0.4, 0.5) is 17.1 Å². The van der Waals surface area contributed by atoms with Gasteiger partial charge < -0.3 is 19.3 Å². The molecule has 0 aliphatic carbocycles. The molecule has 0 radical (unpaired) electrons. The van der Waals surface area contributed by atoms with Gasteiger partial charge in [-0.1, -0.05) is 0 Å². The standard InChI is InChI=1S/C20H28N4O6S2.ClH/c1-23-9-11-24(12-10-23)15-5-7-17(18(13-15)21-31(4,25)26)22-32(27,28)16-6-8-19(29-2)20(14-16)30-3;/h5-8,13-14,21-22H,9-12H2,1-4H3;1H. The first-order chi connectivity index (χ1) is 15.0. The molecule has 1 fully saturated rings. The quantitative estimate of drug-likeness (QED) is 0.543. The molecule has 1 aliphatic rings. The molecule has 0 spiro atoms. The van der Waals surface area contributed by atoms with E-state index in [0.717, 1.165) is 38.1 Å². The second kappa shape index (κ2) is 10.7. The number of nitrogens with one attached hydrogen (secondary N) is 2. The molecule has 0 aromatic heterocycles. The Balaban J connectivity index is 0.00000385. The normalized spacial score (nSPS) is 14.8. The molecule has 184 valence electrons. The topological polar surface area (TPSA) is 117 Å². The molecule has 1 heterocycles. The van der Waals surface area contributed by atoms with Crippen molar-refractivity contribution < 1.29 is 26.3 Å². The van der Waals surface area contributed by atoms with Gasteiger partial charge in [-0.2, -0.15) is 0 Å². The van der Waals surface area contributed by atoms with Gasteiger partial charge >= 0.3 is 0 Å². The molecule has 0 unspecified atom stereocenters. The van der Waals surface area contributed by atoms with Crippen LogP contribution in [0.1, 0.15) is 0 Å². The third-order valence-electron chi connectivity index (χ3n) is 5.08. The first-order valence-electron chi connectivity index (χ1n) is 9.82. The number of sulfonamides is 2. The van der Waals surface area contributed by atoms with Crippen molar-refractivity contribution in [1.82, 2.24) is 4.90 Å². The van der Waals surface area contributed by atoms with Crippen molar-refractivity contribution in [2.75, 3.05) is 68.0 Å². The first kappa shape index (κ1) is 26.8. The van der Waals surface area contributed by atoms with Crippen molar-refractivity contribution in [2.24, 2.45) is 0 Å². The van der Waals surface area contributed by atoms with E-state index in [2.05, 4.69) is 19.2 Å². The average Bonchev–Trinajstić information content (AvgIpc) is 2.73. The second-order valence-corrected chi connectivity index (χ2v) is 10.9. The monoisotopic (exact) mass is 520 g/mol. The van der Waals surface area contributed by atoms with Gasteiger partial charge in [0.2, 0.25) is 10.0 Å². The lowest BCUT2D eigenvalue weighted by Crippen LogP contribution is -2.44. The highest BCUT2D eigenvalue weighted by atomic mass is 35.5. The van der Waals surface area contributed by atoms with Gasteiger partial charge in [0, 0.05) is 37.9 Å². The van der Waals surface area contributed by atoms with E-state index in [4.69, 9.17) is 9.47 Å². The number of hydrogen-bond donors (Lipinski definition) is 2. The lowest BCUT2D eigenvalue weighted by Gasteiger charge is -2.34. The lowest BCUT2D eigenvalue weighted by atomic mass is 10.2. The number of piperazine rings is 1. The summed E-state index contributed by atoms with van der Waals surface area (Å²) >= 11 is 0. The van der Waals surface area contributed by atoms with Crippen LogP contribution in [0, 0.1) is 0 Å². The van der Waals surface area contributed by atoms with Gasteiger partial charge in [0.1, 0.15) is 0 Å². The number of ether oxygens (including phenoxy) is 2. The van der Waals surface area contributed by atoms with Gasteiger partial charge in [0.15, 0.2) is 11.5 Å². The molecule has 0 atom stereocenters. The fourth-order valence-corrected chi connectivity index (χ4v) is 5.02. The molecule has 0 bridgehead atoms. The zero-order valence-corrected chi connectivity index (χ0v) is 21.3. The molecule has 2 aromatic carbocycles. The van der Waals surface area contributed by atoms with E-state index in [1.165, 1.54) is 32.4 Å². The van der Waals surface area contributed by atoms with Crippen molar-refractivity contribution >= 4 is 49.5 Å². The number of halogens is 1. The lowest BCUT2D eigenvalue weighted by molar-refractivity contribution is 0.313. The SMILES string of the molecule is COc1ccc(S(=O)(=O)Nc2ccc(N3CCN(C)CC3)cc2NS(C)(=O)=O)cc1OC.Cl. The van der Waals surface area contributed by atoms with Crippen LogP contribution in [-0.4, -0.2) is 75.4 Å².